The Morgan fingerprint density at radius 3 is 2.67 bits per heavy atom. The first-order valence-electron chi connectivity index (χ1n) is 5.54. The molecule has 100 valence electrons. The lowest BCUT2D eigenvalue weighted by Crippen LogP contribution is -2.34. The Hall–Kier alpha value is -1.69. The molecule has 1 rings (SSSR count). The molecule has 6 heteroatoms. The lowest BCUT2D eigenvalue weighted by atomic mass is 10.1. The van der Waals surface area contributed by atoms with Crippen LogP contribution < -0.4 is 5.73 Å². The number of hydrogen-bond acceptors (Lipinski definition) is 3. The number of ether oxygens (including phenoxy) is 1. The molecule has 0 fully saturated rings. The van der Waals surface area contributed by atoms with Gasteiger partial charge in [0, 0.05) is 20.2 Å². The van der Waals surface area contributed by atoms with E-state index in [1.54, 1.807) is 6.92 Å². The van der Waals surface area contributed by atoms with Crippen LogP contribution in [0.2, 0.25) is 0 Å². The number of nitrogens with two attached hydrogens (primary N) is 1. The number of nitrogen functional groups attached to an aromatic ring is 1. The van der Waals surface area contributed by atoms with Crippen molar-refractivity contribution in [3.8, 4) is 0 Å². The van der Waals surface area contributed by atoms with Crippen LogP contribution in [0.15, 0.2) is 12.1 Å². The minimum Gasteiger partial charge on any atom is -0.396 e. The SMILES string of the molecule is CCN(CCOC)C(=O)c1cc(F)cc(N)c1F. The van der Waals surface area contributed by atoms with Crippen LogP contribution in [0.1, 0.15) is 17.3 Å². The summed E-state index contributed by atoms with van der Waals surface area (Å²) in [5.41, 5.74) is 4.56. The number of carbonyl (C=O) groups is 1. The molecule has 4 nitrogen and oxygen atoms in total. The molecule has 18 heavy (non-hydrogen) atoms. The third-order valence-electron chi connectivity index (χ3n) is 2.53. The molecule has 0 aliphatic carbocycles. The summed E-state index contributed by atoms with van der Waals surface area (Å²) in [5, 5.41) is 0. The Labute approximate surface area is 104 Å². The van der Waals surface area contributed by atoms with E-state index in [2.05, 4.69) is 0 Å². The zero-order valence-corrected chi connectivity index (χ0v) is 10.4. The Bertz CT molecular complexity index is 438. The topological polar surface area (TPSA) is 55.6 Å². The van der Waals surface area contributed by atoms with Gasteiger partial charge < -0.3 is 15.4 Å². The van der Waals surface area contributed by atoms with Crippen LogP contribution in [0, 0.1) is 11.6 Å². The van der Waals surface area contributed by atoms with E-state index in [-0.39, 0.29) is 11.3 Å². The number of methoxy groups -OCH3 is 1. The molecule has 0 spiro atoms. The molecule has 0 heterocycles. The van der Waals surface area contributed by atoms with Gasteiger partial charge in [0.15, 0.2) is 5.82 Å². The Balaban J connectivity index is 3.01. The van der Waals surface area contributed by atoms with Crippen molar-refractivity contribution in [2.45, 2.75) is 6.92 Å². The van der Waals surface area contributed by atoms with Gasteiger partial charge in [0.05, 0.1) is 17.9 Å². The zero-order valence-electron chi connectivity index (χ0n) is 10.4. The molecule has 0 unspecified atom stereocenters. The molecule has 0 saturated heterocycles. The molecule has 0 aliphatic rings. The number of halogens is 2. The molecule has 0 aromatic heterocycles. The van der Waals surface area contributed by atoms with Crippen LogP contribution in [0.4, 0.5) is 14.5 Å². The third kappa shape index (κ3) is 3.16. The molecule has 1 aromatic rings. The molecule has 0 radical (unpaired) electrons. The summed E-state index contributed by atoms with van der Waals surface area (Å²) < 4.78 is 31.7. The normalized spacial score (nSPS) is 10.4. The maximum atomic E-state index is 13.7. The molecule has 0 saturated carbocycles. The minimum atomic E-state index is -0.891. The van der Waals surface area contributed by atoms with Crippen molar-refractivity contribution >= 4 is 11.6 Å². The van der Waals surface area contributed by atoms with Crippen molar-refractivity contribution in [2.24, 2.45) is 0 Å². The van der Waals surface area contributed by atoms with Gasteiger partial charge >= 0.3 is 0 Å². The smallest absolute Gasteiger partial charge is 0.257 e. The van der Waals surface area contributed by atoms with E-state index in [0.717, 1.165) is 12.1 Å². The molecule has 1 amide bonds. The van der Waals surface area contributed by atoms with Crippen molar-refractivity contribution in [1.82, 2.24) is 4.90 Å². The second-order valence-electron chi connectivity index (χ2n) is 3.73. The fourth-order valence-corrected chi connectivity index (χ4v) is 1.54. The van der Waals surface area contributed by atoms with Gasteiger partial charge in [-0.3, -0.25) is 4.79 Å². The summed E-state index contributed by atoms with van der Waals surface area (Å²) in [6.07, 6.45) is 0. The van der Waals surface area contributed by atoms with Gasteiger partial charge in [-0.2, -0.15) is 0 Å². The van der Waals surface area contributed by atoms with Crippen LogP contribution in [0.3, 0.4) is 0 Å². The van der Waals surface area contributed by atoms with E-state index >= 15 is 0 Å². The molecular formula is C12H16F2N2O2. The summed E-state index contributed by atoms with van der Waals surface area (Å²) in [6.45, 7) is 2.75. The van der Waals surface area contributed by atoms with E-state index in [4.69, 9.17) is 10.5 Å². The number of anilines is 1. The van der Waals surface area contributed by atoms with Crippen molar-refractivity contribution in [3.63, 3.8) is 0 Å². The number of hydrogen-bond donors (Lipinski definition) is 1. The average molecular weight is 258 g/mol. The van der Waals surface area contributed by atoms with Gasteiger partial charge in [-0.25, -0.2) is 8.78 Å². The summed E-state index contributed by atoms with van der Waals surface area (Å²) in [5.74, 6) is -2.23. The van der Waals surface area contributed by atoms with E-state index in [1.165, 1.54) is 12.0 Å². The lowest BCUT2D eigenvalue weighted by Gasteiger charge is -2.21. The number of carbonyl (C=O) groups excluding carboxylic acids is 1. The summed E-state index contributed by atoms with van der Waals surface area (Å²) in [4.78, 5) is 13.4. The molecule has 1 aromatic carbocycles. The standard InChI is InChI=1S/C12H16F2N2O2/c1-3-16(4-5-18-2)12(17)9-6-8(13)7-10(15)11(9)14/h6-7H,3-5,15H2,1-2H3. The number of rotatable bonds is 5. The lowest BCUT2D eigenvalue weighted by molar-refractivity contribution is 0.0701. The fraction of sp³-hybridized carbons (Fsp3) is 0.417. The Kier molecular flexibility index (Phi) is 5.03. The molecule has 0 bridgehead atoms. The average Bonchev–Trinajstić information content (AvgIpc) is 2.34. The fourth-order valence-electron chi connectivity index (χ4n) is 1.54. The minimum absolute atomic E-state index is 0.307. The molecule has 0 aliphatic heterocycles. The third-order valence-corrected chi connectivity index (χ3v) is 2.53. The van der Waals surface area contributed by atoms with Gasteiger partial charge in [-0.05, 0) is 19.1 Å². The highest BCUT2D eigenvalue weighted by Crippen LogP contribution is 2.19. The van der Waals surface area contributed by atoms with Crippen LogP contribution in [-0.2, 0) is 4.74 Å². The Morgan fingerprint density at radius 2 is 2.11 bits per heavy atom. The van der Waals surface area contributed by atoms with Crippen LogP contribution >= 0.6 is 0 Å². The first kappa shape index (κ1) is 14.4. The second-order valence-corrected chi connectivity index (χ2v) is 3.73. The van der Waals surface area contributed by atoms with E-state index in [1.807, 2.05) is 0 Å². The van der Waals surface area contributed by atoms with Crippen molar-refractivity contribution in [2.75, 3.05) is 32.5 Å². The summed E-state index contributed by atoms with van der Waals surface area (Å²) >= 11 is 0. The molecule has 0 atom stereocenters. The van der Waals surface area contributed by atoms with Crippen molar-refractivity contribution in [3.05, 3.63) is 29.3 Å². The van der Waals surface area contributed by atoms with Crippen molar-refractivity contribution in [1.29, 1.82) is 0 Å². The highest BCUT2D eigenvalue weighted by Gasteiger charge is 2.20. The van der Waals surface area contributed by atoms with Gasteiger partial charge in [-0.15, -0.1) is 0 Å². The van der Waals surface area contributed by atoms with Gasteiger partial charge in [0.1, 0.15) is 5.82 Å². The summed E-state index contributed by atoms with van der Waals surface area (Å²) in [7, 11) is 1.50. The largest absolute Gasteiger partial charge is 0.396 e. The predicted octanol–water partition coefficient (Wildman–Crippen LogP) is 1.66. The van der Waals surface area contributed by atoms with Crippen LogP contribution in [-0.4, -0.2) is 37.6 Å². The van der Waals surface area contributed by atoms with E-state index in [0.29, 0.717) is 19.7 Å². The van der Waals surface area contributed by atoms with E-state index < -0.39 is 17.5 Å². The molecular weight excluding hydrogens is 242 g/mol. The number of benzene rings is 1. The van der Waals surface area contributed by atoms with Crippen LogP contribution in [0.25, 0.3) is 0 Å². The van der Waals surface area contributed by atoms with Gasteiger partial charge in [0.2, 0.25) is 0 Å². The van der Waals surface area contributed by atoms with E-state index in [9.17, 15) is 13.6 Å². The maximum absolute atomic E-state index is 13.7. The van der Waals surface area contributed by atoms with Gasteiger partial charge in [0.25, 0.3) is 5.91 Å². The first-order chi connectivity index (χ1) is 8.51. The highest BCUT2D eigenvalue weighted by atomic mass is 19.1. The quantitative estimate of drug-likeness (QED) is 0.817. The monoisotopic (exact) mass is 258 g/mol. The summed E-state index contributed by atoms with van der Waals surface area (Å²) in [6, 6.07) is 1.70. The zero-order chi connectivity index (χ0) is 13.7. The number of likely N-dealkylation sites (N-methyl/N-ethyl adjacent to an activating group) is 1. The van der Waals surface area contributed by atoms with Crippen LogP contribution in [0.5, 0.6) is 0 Å². The first-order valence-corrected chi connectivity index (χ1v) is 5.54. The highest BCUT2D eigenvalue weighted by molar-refractivity contribution is 5.95. The maximum Gasteiger partial charge on any atom is 0.257 e. The second kappa shape index (κ2) is 6.30. The number of nitrogens with zero attached hydrogens (tertiary/aromatic N) is 1. The molecule has 2 N–H and O–H groups in total. The Morgan fingerprint density at radius 1 is 1.44 bits per heavy atom. The predicted molar refractivity (Wildman–Crippen MR) is 64.2 cm³/mol. The van der Waals surface area contributed by atoms with Gasteiger partial charge in [-0.1, -0.05) is 0 Å². The van der Waals surface area contributed by atoms with Crippen molar-refractivity contribution < 1.29 is 18.3 Å². The number of amides is 1.